The molecule has 0 fully saturated rings. The summed E-state index contributed by atoms with van der Waals surface area (Å²) >= 11 is 0. The SMILES string of the molecule is [C-]#[N+]C(C#N)C(C)(C(=O)OCC)c1cn(C(C)C)nn1. The van der Waals surface area contributed by atoms with Crippen LogP contribution >= 0.6 is 0 Å². The molecule has 0 aliphatic heterocycles. The third kappa shape index (κ3) is 2.62. The number of ether oxygens (including phenoxy) is 1. The molecule has 20 heavy (non-hydrogen) atoms. The molecule has 1 rings (SSSR count). The van der Waals surface area contributed by atoms with E-state index in [4.69, 9.17) is 16.6 Å². The topological polar surface area (TPSA) is 85.2 Å². The number of nitrogens with zero attached hydrogens (tertiary/aromatic N) is 5. The Bertz CT molecular complexity index is 552. The molecular weight excluding hydrogens is 258 g/mol. The van der Waals surface area contributed by atoms with Crippen LogP contribution in [0.3, 0.4) is 0 Å². The quantitative estimate of drug-likeness (QED) is 0.600. The first-order valence-corrected chi connectivity index (χ1v) is 6.27. The molecule has 0 radical (unpaired) electrons. The zero-order valence-electron chi connectivity index (χ0n) is 12.0. The maximum atomic E-state index is 12.2. The van der Waals surface area contributed by atoms with Crippen molar-refractivity contribution in [2.24, 2.45) is 0 Å². The monoisotopic (exact) mass is 275 g/mol. The number of aromatic nitrogens is 3. The van der Waals surface area contributed by atoms with Crippen molar-refractivity contribution < 1.29 is 9.53 Å². The van der Waals surface area contributed by atoms with E-state index < -0.39 is 17.4 Å². The van der Waals surface area contributed by atoms with Gasteiger partial charge in [-0.3, -0.25) is 9.64 Å². The molecule has 0 spiro atoms. The number of carbonyl (C=O) groups excluding carboxylic acids is 1. The van der Waals surface area contributed by atoms with Crippen LogP contribution < -0.4 is 0 Å². The predicted molar refractivity (Wildman–Crippen MR) is 70.4 cm³/mol. The Morgan fingerprint density at radius 1 is 1.70 bits per heavy atom. The van der Waals surface area contributed by atoms with Gasteiger partial charge >= 0.3 is 12.0 Å². The van der Waals surface area contributed by atoms with Gasteiger partial charge in [0, 0.05) is 6.04 Å². The predicted octanol–water partition coefficient (Wildman–Crippen LogP) is 1.49. The molecule has 1 aromatic rings. The molecule has 106 valence electrons. The third-order valence-electron chi connectivity index (χ3n) is 3.07. The minimum Gasteiger partial charge on any atom is -0.465 e. The zero-order chi connectivity index (χ0) is 15.3. The van der Waals surface area contributed by atoms with Crippen LogP contribution in [0.4, 0.5) is 0 Å². The summed E-state index contributed by atoms with van der Waals surface area (Å²) in [6.07, 6.45) is 1.58. The average Bonchev–Trinajstić information content (AvgIpc) is 2.90. The van der Waals surface area contributed by atoms with Gasteiger partial charge in [0.2, 0.25) is 0 Å². The lowest BCUT2D eigenvalue weighted by molar-refractivity contribution is -0.149. The fourth-order valence-electron chi connectivity index (χ4n) is 1.69. The van der Waals surface area contributed by atoms with E-state index in [9.17, 15) is 4.79 Å². The largest absolute Gasteiger partial charge is 0.465 e. The Kier molecular flexibility index (Phi) is 4.82. The van der Waals surface area contributed by atoms with Crippen molar-refractivity contribution in [2.75, 3.05) is 6.61 Å². The fraction of sp³-hybridized carbons (Fsp3) is 0.615. The van der Waals surface area contributed by atoms with E-state index >= 15 is 0 Å². The molecule has 0 aliphatic rings. The molecule has 0 saturated heterocycles. The Morgan fingerprint density at radius 2 is 2.35 bits per heavy atom. The molecule has 0 amide bonds. The number of rotatable bonds is 5. The molecule has 2 atom stereocenters. The fourth-order valence-corrected chi connectivity index (χ4v) is 1.69. The van der Waals surface area contributed by atoms with Crippen molar-refractivity contribution in [1.29, 1.82) is 5.26 Å². The Labute approximate surface area is 118 Å². The lowest BCUT2D eigenvalue weighted by Crippen LogP contribution is -2.43. The van der Waals surface area contributed by atoms with Gasteiger partial charge in [-0.2, -0.15) is 5.26 Å². The number of nitriles is 1. The van der Waals surface area contributed by atoms with Gasteiger partial charge in [-0.15, -0.1) is 5.10 Å². The molecule has 0 aliphatic carbocycles. The number of hydrogen-bond acceptors (Lipinski definition) is 5. The smallest absolute Gasteiger partial charge is 0.328 e. The standard InChI is InChI=1S/C13H17N5O2/c1-6-20-12(19)13(4,10(7-14)15-5)11-8-18(9(2)3)17-16-11/h8-10H,6H2,1-4H3. The first-order chi connectivity index (χ1) is 9.41. The van der Waals surface area contributed by atoms with Crippen molar-refractivity contribution >= 4 is 5.97 Å². The van der Waals surface area contributed by atoms with Crippen LogP contribution in [0.1, 0.15) is 39.4 Å². The van der Waals surface area contributed by atoms with Crippen molar-refractivity contribution in [3.63, 3.8) is 0 Å². The van der Waals surface area contributed by atoms with E-state index in [2.05, 4.69) is 15.2 Å². The summed E-state index contributed by atoms with van der Waals surface area (Å²) in [4.78, 5) is 15.4. The highest BCUT2D eigenvalue weighted by molar-refractivity contribution is 5.84. The first-order valence-electron chi connectivity index (χ1n) is 6.27. The second kappa shape index (κ2) is 6.16. The summed E-state index contributed by atoms with van der Waals surface area (Å²) in [6.45, 7) is 14.3. The summed E-state index contributed by atoms with van der Waals surface area (Å²) in [5, 5.41) is 17.0. The summed E-state index contributed by atoms with van der Waals surface area (Å²) in [5.41, 5.74) is -1.17. The van der Waals surface area contributed by atoms with E-state index in [0.717, 1.165) is 0 Å². The zero-order valence-corrected chi connectivity index (χ0v) is 12.0. The first kappa shape index (κ1) is 15.6. The van der Waals surface area contributed by atoms with Crippen LogP contribution in [-0.2, 0) is 14.9 Å². The van der Waals surface area contributed by atoms with Crippen LogP contribution in [-0.4, -0.2) is 33.6 Å². The number of carbonyl (C=O) groups is 1. The van der Waals surface area contributed by atoms with E-state index in [1.807, 2.05) is 19.9 Å². The van der Waals surface area contributed by atoms with Crippen molar-refractivity contribution in [2.45, 2.75) is 45.2 Å². The molecule has 2 unspecified atom stereocenters. The van der Waals surface area contributed by atoms with Crippen LogP contribution in [0.5, 0.6) is 0 Å². The van der Waals surface area contributed by atoms with Gasteiger partial charge in [0.1, 0.15) is 5.69 Å². The molecule has 1 heterocycles. The van der Waals surface area contributed by atoms with Crippen LogP contribution in [0.25, 0.3) is 4.85 Å². The minimum atomic E-state index is -1.44. The van der Waals surface area contributed by atoms with Gasteiger partial charge in [-0.05, 0) is 27.7 Å². The summed E-state index contributed by atoms with van der Waals surface area (Å²) in [6, 6.07) is 0.693. The molecule has 7 nitrogen and oxygen atoms in total. The van der Waals surface area contributed by atoms with Gasteiger partial charge in [0.25, 0.3) is 0 Å². The average molecular weight is 275 g/mol. The third-order valence-corrected chi connectivity index (χ3v) is 3.07. The lowest BCUT2D eigenvalue weighted by atomic mass is 9.80. The van der Waals surface area contributed by atoms with Crippen LogP contribution in [0, 0.1) is 17.9 Å². The second-order valence-corrected chi connectivity index (χ2v) is 4.76. The maximum Gasteiger partial charge on any atom is 0.328 e. The highest BCUT2D eigenvalue weighted by atomic mass is 16.5. The normalized spacial score (nSPS) is 14.9. The van der Waals surface area contributed by atoms with Crippen molar-refractivity contribution in [1.82, 2.24) is 15.0 Å². The summed E-state index contributed by atoms with van der Waals surface area (Å²) in [5.74, 6) is -0.640. The Balaban J connectivity index is 3.33. The molecule has 1 aromatic heterocycles. The maximum absolute atomic E-state index is 12.2. The van der Waals surface area contributed by atoms with E-state index in [1.165, 1.54) is 6.92 Å². The Hall–Kier alpha value is -2.41. The molecular formula is C13H17N5O2. The van der Waals surface area contributed by atoms with Crippen LogP contribution in [0.2, 0.25) is 0 Å². The molecule has 0 aromatic carbocycles. The number of hydrogen-bond donors (Lipinski definition) is 0. The van der Waals surface area contributed by atoms with Gasteiger partial charge < -0.3 is 4.74 Å². The van der Waals surface area contributed by atoms with Gasteiger partial charge in [0.15, 0.2) is 11.5 Å². The van der Waals surface area contributed by atoms with Crippen molar-refractivity contribution in [3.8, 4) is 6.07 Å². The molecule has 0 bridgehead atoms. The van der Waals surface area contributed by atoms with Crippen molar-refractivity contribution in [3.05, 3.63) is 23.3 Å². The summed E-state index contributed by atoms with van der Waals surface area (Å²) < 4.78 is 6.58. The van der Waals surface area contributed by atoms with E-state index in [1.54, 1.807) is 17.8 Å². The molecule has 0 N–H and O–H groups in total. The highest BCUT2D eigenvalue weighted by Crippen LogP contribution is 2.30. The number of esters is 1. The van der Waals surface area contributed by atoms with E-state index in [0.29, 0.717) is 0 Å². The molecule has 0 saturated carbocycles. The minimum absolute atomic E-state index is 0.0659. The highest BCUT2D eigenvalue weighted by Gasteiger charge is 2.52. The summed E-state index contributed by atoms with van der Waals surface area (Å²) in [7, 11) is 0. The Morgan fingerprint density at radius 3 is 2.75 bits per heavy atom. The van der Waals surface area contributed by atoms with Gasteiger partial charge in [-0.25, -0.2) is 11.3 Å². The van der Waals surface area contributed by atoms with E-state index in [-0.39, 0.29) is 18.3 Å². The van der Waals surface area contributed by atoms with Crippen LogP contribution in [0.15, 0.2) is 6.20 Å². The van der Waals surface area contributed by atoms with Gasteiger partial charge in [0.05, 0.1) is 12.8 Å². The van der Waals surface area contributed by atoms with Gasteiger partial charge in [-0.1, -0.05) is 5.21 Å². The second-order valence-electron chi connectivity index (χ2n) is 4.76. The molecule has 7 heteroatoms. The lowest BCUT2D eigenvalue weighted by Gasteiger charge is -2.22.